The Kier molecular flexibility index (Phi) is 6.14. The van der Waals surface area contributed by atoms with Gasteiger partial charge in [-0.15, -0.1) is 0 Å². The number of ketones is 1. The predicted octanol–water partition coefficient (Wildman–Crippen LogP) is 1.80. The number of hydrogen-bond acceptors (Lipinski definition) is 3. The van der Waals surface area contributed by atoms with Crippen molar-refractivity contribution in [2.24, 2.45) is 5.92 Å². The molecule has 0 aliphatic heterocycles. The zero-order chi connectivity index (χ0) is 16.2. The van der Waals surface area contributed by atoms with Crippen molar-refractivity contribution in [3.8, 4) is 0 Å². The van der Waals surface area contributed by atoms with Gasteiger partial charge in [-0.25, -0.2) is 8.78 Å². The van der Waals surface area contributed by atoms with E-state index < -0.39 is 40.1 Å². The van der Waals surface area contributed by atoms with Crippen LogP contribution in [0.5, 0.6) is 0 Å². The zero-order valence-corrected chi connectivity index (χ0v) is 12.8. The highest BCUT2D eigenvalue weighted by Crippen LogP contribution is 2.14. The second-order valence-corrected chi connectivity index (χ2v) is 6.38. The Labute approximate surface area is 124 Å². The summed E-state index contributed by atoms with van der Waals surface area (Å²) in [6, 6.07) is 1.86. The van der Waals surface area contributed by atoms with Gasteiger partial charge < -0.3 is 5.32 Å². The lowest BCUT2D eigenvalue weighted by atomic mass is 10.0. The number of amides is 1. The molecule has 4 nitrogen and oxygen atoms in total. The molecule has 1 amide bonds. The number of benzene rings is 1. The third kappa shape index (κ3) is 5.00. The van der Waals surface area contributed by atoms with Crippen LogP contribution in [0.25, 0.3) is 0 Å². The minimum atomic E-state index is -2.02. The van der Waals surface area contributed by atoms with Crippen LogP contribution in [0.3, 0.4) is 0 Å². The molecule has 0 heterocycles. The summed E-state index contributed by atoms with van der Waals surface area (Å²) < 4.78 is 38.4. The normalized spacial score (nSPS) is 13.8. The average Bonchev–Trinajstić information content (AvgIpc) is 2.37. The van der Waals surface area contributed by atoms with E-state index in [2.05, 4.69) is 5.32 Å². The van der Waals surface area contributed by atoms with Crippen molar-refractivity contribution < 1.29 is 22.6 Å². The van der Waals surface area contributed by atoms with Crippen molar-refractivity contribution in [1.82, 2.24) is 5.32 Å². The van der Waals surface area contributed by atoms with Crippen LogP contribution in [-0.4, -0.2) is 27.7 Å². The summed E-state index contributed by atoms with van der Waals surface area (Å²) in [5.74, 6) is -3.09. The monoisotopic (exact) mass is 317 g/mol. The second-order valence-electron chi connectivity index (χ2n) is 4.96. The molecular formula is C14H17F2NO3S. The Hall–Kier alpha value is -1.63. The van der Waals surface area contributed by atoms with E-state index in [9.17, 15) is 22.6 Å². The van der Waals surface area contributed by atoms with Gasteiger partial charge in [0.2, 0.25) is 5.91 Å². The SMILES string of the molecule is CC(=O)C(NC(=O)CS(=O)c1cc(F)ccc1F)C(C)C. The van der Waals surface area contributed by atoms with Gasteiger partial charge in [-0.1, -0.05) is 13.8 Å². The molecule has 0 radical (unpaired) electrons. The molecule has 0 aliphatic rings. The molecular weight excluding hydrogens is 300 g/mol. The van der Waals surface area contributed by atoms with Gasteiger partial charge in [-0.3, -0.25) is 13.8 Å². The van der Waals surface area contributed by atoms with E-state index in [1.54, 1.807) is 13.8 Å². The summed E-state index contributed by atoms with van der Waals surface area (Å²) in [5, 5.41) is 2.45. The maximum atomic E-state index is 13.4. The van der Waals surface area contributed by atoms with Gasteiger partial charge in [0.05, 0.1) is 21.7 Å². The highest BCUT2D eigenvalue weighted by molar-refractivity contribution is 7.85. The van der Waals surface area contributed by atoms with Crippen LogP contribution < -0.4 is 5.32 Å². The van der Waals surface area contributed by atoms with E-state index in [4.69, 9.17) is 0 Å². The number of carbonyl (C=O) groups is 2. The number of Topliss-reactive ketones (excluding diaryl/α,β-unsaturated/α-hetero) is 1. The van der Waals surface area contributed by atoms with Gasteiger partial charge in [0, 0.05) is 0 Å². The predicted molar refractivity (Wildman–Crippen MR) is 75.1 cm³/mol. The van der Waals surface area contributed by atoms with Crippen LogP contribution in [-0.2, 0) is 20.4 Å². The molecule has 0 bridgehead atoms. The lowest BCUT2D eigenvalue weighted by molar-refractivity contribution is -0.126. The molecule has 116 valence electrons. The Morgan fingerprint density at radius 3 is 2.43 bits per heavy atom. The van der Waals surface area contributed by atoms with E-state index in [-0.39, 0.29) is 16.6 Å². The lowest BCUT2D eigenvalue weighted by Crippen LogP contribution is -2.45. The molecule has 0 saturated carbocycles. The van der Waals surface area contributed by atoms with Crippen LogP contribution in [0.4, 0.5) is 8.78 Å². The standard InChI is InChI=1S/C14H17F2NO3S/c1-8(2)14(9(3)18)17-13(19)7-21(20)12-6-10(15)4-5-11(12)16/h4-6,8,14H,7H2,1-3H3,(H,17,19). The molecule has 1 aromatic rings. The third-order valence-corrected chi connectivity index (χ3v) is 4.15. The molecule has 0 spiro atoms. The van der Waals surface area contributed by atoms with Crippen molar-refractivity contribution in [1.29, 1.82) is 0 Å². The maximum absolute atomic E-state index is 13.4. The van der Waals surface area contributed by atoms with Crippen LogP contribution in [0.2, 0.25) is 0 Å². The number of halogens is 2. The summed E-state index contributed by atoms with van der Waals surface area (Å²) in [4.78, 5) is 22.8. The molecule has 7 heteroatoms. The van der Waals surface area contributed by atoms with Crippen LogP contribution in [0.1, 0.15) is 20.8 Å². The quantitative estimate of drug-likeness (QED) is 0.870. The van der Waals surface area contributed by atoms with Crippen LogP contribution >= 0.6 is 0 Å². The average molecular weight is 317 g/mol. The molecule has 1 rings (SSSR count). The Morgan fingerprint density at radius 2 is 1.90 bits per heavy atom. The second kappa shape index (κ2) is 7.40. The maximum Gasteiger partial charge on any atom is 0.233 e. The first-order valence-corrected chi connectivity index (χ1v) is 7.67. The van der Waals surface area contributed by atoms with Crippen molar-refractivity contribution in [2.75, 3.05) is 5.75 Å². The summed E-state index contributed by atoms with van der Waals surface area (Å²) in [5.41, 5.74) is 0. The number of carbonyl (C=O) groups excluding carboxylic acids is 2. The molecule has 0 saturated heterocycles. The molecule has 0 aromatic heterocycles. The van der Waals surface area contributed by atoms with Gasteiger partial charge >= 0.3 is 0 Å². The Balaban J connectivity index is 2.76. The van der Waals surface area contributed by atoms with Gasteiger partial charge in [0.25, 0.3) is 0 Å². The lowest BCUT2D eigenvalue weighted by Gasteiger charge is -2.19. The first-order valence-electron chi connectivity index (χ1n) is 6.35. The van der Waals surface area contributed by atoms with E-state index >= 15 is 0 Å². The first-order chi connectivity index (χ1) is 9.72. The Morgan fingerprint density at radius 1 is 1.29 bits per heavy atom. The first kappa shape index (κ1) is 17.4. The van der Waals surface area contributed by atoms with Crippen molar-refractivity contribution in [3.05, 3.63) is 29.8 Å². The molecule has 1 N–H and O–H groups in total. The van der Waals surface area contributed by atoms with E-state index in [0.29, 0.717) is 0 Å². The number of hydrogen-bond donors (Lipinski definition) is 1. The topological polar surface area (TPSA) is 63.2 Å². The van der Waals surface area contributed by atoms with E-state index in [1.807, 2.05) is 0 Å². The minimum Gasteiger partial charge on any atom is -0.345 e. The third-order valence-electron chi connectivity index (χ3n) is 2.82. The van der Waals surface area contributed by atoms with Crippen LogP contribution in [0.15, 0.2) is 23.1 Å². The summed E-state index contributed by atoms with van der Waals surface area (Å²) in [6.45, 7) is 4.86. The highest BCUT2D eigenvalue weighted by atomic mass is 32.2. The molecule has 2 atom stereocenters. The fraction of sp³-hybridized carbons (Fsp3) is 0.429. The van der Waals surface area contributed by atoms with E-state index in [1.165, 1.54) is 6.92 Å². The van der Waals surface area contributed by atoms with Gasteiger partial charge in [-0.05, 0) is 31.0 Å². The van der Waals surface area contributed by atoms with Crippen LogP contribution in [0, 0.1) is 17.6 Å². The van der Waals surface area contributed by atoms with Crippen molar-refractivity contribution >= 4 is 22.5 Å². The summed E-state index contributed by atoms with van der Waals surface area (Å²) >= 11 is 0. The highest BCUT2D eigenvalue weighted by Gasteiger charge is 2.22. The largest absolute Gasteiger partial charge is 0.345 e. The van der Waals surface area contributed by atoms with Crippen molar-refractivity contribution in [3.63, 3.8) is 0 Å². The van der Waals surface area contributed by atoms with Crippen molar-refractivity contribution in [2.45, 2.75) is 31.7 Å². The van der Waals surface area contributed by atoms with Gasteiger partial charge in [0.15, 0.2) is 5.78 Å². The zero-order valence-electron chi connectivity index (χ0n) is 12.0. The van der Waals surface area contributed by atoms with E-state index in [0.717, 1.165) is 18.2 Å². The van der Waals surface area contributed by atoms with Gasteiger partial charge in [0.1, 0.15) is 17.4 Å². The molecule has 1 aromatic carbocycles. The smallest absolute Gasteiger partial charge is 0.233 e. The molecule has 0 aliphatic carbocycles. The fourth-order valence-electron chi connectivity index (χ4n) is 1.80. The minimum absolute atomic E-state index is 0.120. The molecule has 2 unspecified atom stereocenters. The summed E-state index contributed by atoms with van der Waals surface area (Å²) in [7, 11) is -2.02. The number of nitrogens with one attached hydrogen (secondary N) is 1. The molecule has 0 fully saturated rings. The number of rotatable bonds is 6. The Bertz CT molecular complexity index is 575. The molecule has 21 heavy (non-hydrogen) atoms. The fourth-order valence-corrected chi connectivity index (χ4v) is 2.81. The summed E-state index contributed by atoms with van der Waals surface area (Å²) in [6.07, 6.45) is 0. The van der Waals surface area contributed by atoms with Gasteiger partial charge in [-0.2, -0.15) is 0 Å².